The third kappa shape index (κ3) is 4.68. The lowest BCUT2D eigenvalue weighted by Crippen LogP contribution is -2.15. The highest BCUT2D eigenvalue weighted by atomic mass is 16.2. The number of carbonyl (C=O) groups excluding carboxylic acids is 2. The number of hydrogen-bond acceptors (Lipinski definition) is 6. The maximum atomic E-state index is 12.3. The maximum Gasteiger partial charge on any atom is 0.275 e. The van der Waals surface area contributed by atoms with Crippen molar-refractivity contribution in [3.63, 3.8) is 0 Å². The minimum atomic E-state index is -0.464. The fraction of sp³-hybridized carbons (Fsp3) is 0.0500. The topological polar surface area (TPSA) is 120 Å². The Bertz CT molecular complexity index is 1060. The van der Waals surface area contributed by atoms with E-state index in [2.05, 4.69) is 25.9 Å². The molecule has 2 amide bonds. The van der Waals surface area contributed by atoms with E-state index < -0.39 is 5.91 Å². The van der Waals surface area contributed by atoms with Gasteiger partial charge >= 0.3 is 0 Å². The Labute approximate surface area is 161 Å². The molecule has 0 spiro atoms. The Balaban J connectivity index is 1.69. The second-order valence-corrected chi connectivity index (χ2v) is 5.79. The van der Waals surface area contributed by atoms with Crippen LogP contribution in [0.4, 0.5) is 22.9 Å². The van der Waals surface area contributed by atoms with E-state index in [9.17, 15) is 9.59 Å². The molecule has 0 aliphatic rings. The van der Waals surface area contributed by atoms with Crippen molar-refractivity contribution in [1.82, 2.24) is 9.97 Å². The van der Waals surface area contributed by atoms with Crippen LogP contribution < -0.4 is 16.0 Å². The van der Waals surface area contributed by atoms with E-state index in [-0.39, 0.29) is 11.6 Å². The highest BCUT2D eigenvalue weighted by Gasteiger charge is 2.11. The monoisotopic (exact) mass is 372 g/mol. The van der Waals surface area contributed by atoms with E-state index in [0.717, 1.165) is 0 Å². The summed E-state index contributed by atoms with van der Waals surface area (Å²) in [6.07, 6.45) is 2.76. The first-order chi connectivity index (χ1) is 13.5. The normalized spacial score (nSPS) is 9.86. The Morgan fingerprint density at radius 2 is 1.75 bits per heavy atom. The molecule has 0 saturated carbocycles. The molecule has 2 aromatic carbocycles. The standard InChI is InChI=1S/C20H16N6O2/c1-13(27)24-15-6-4-7-16(9-15)25-19-12-22-18(11-23-19)20(28)26-17-8-3-2-5-14(17)10-21/h2-9,11-12H,1H3,(H,23,25)(H,24,27)(H,26,28). The molecule has 0 saturated heterocycles. The summed E-state index contributed by atoms with van der Waals surface area (Å²) in [6.45, 7) is 1.43. The molecule has 0 radical (unpaired) electrons. The van der Waals surface area contributed by atoms with Gasteiger partial charge in [0.2, 0.25) is 5.91 Å². The summed E-state index contributed by atoms with van der Waals surface area (Å²) in [7, 11) is 0. The van der Waals surface area contributed by atoms with Gasteiger partial charge in [0.15, 0.2) is 0 Å². The molecular formula is C20H16N6O2. The van der Waals surface area contributed by atoms with Gasteiger partial charge in [-0.25, -0.2) is 9.97 Å². The minimum Gasteiger partial charge on any atom is -0.339 e. The number of carbonyl (C=O) groups is 2. The molecule has 3 aromatic rings. The molecule has 8 nitrogen and oxygen atoms in total. The molecule has 0 fully saturated rings. The lowest BCUT2D eigenvalue weighted by molar-refractivity contribution is -0.114. The Morgan fingerprint density at radius 1 is 0.964 bits per heavy atom. The van der Waals surface area contributed by atoms with Crippen LogP contribution >= 0.6 is 0 Å². The molecular weight excluding hydrogens is 356 g/mol. The molecule has 0 aliphatic carbocycles. The molecule has 0 aliphatic heterocycles. The number of hydrogen-bond donors (Lipinski definition) is 3. The van der Waals surface area contributed by atoms with E-state index in [1.807, 2.05) is 12.1 Å². The molecule has 3 N–H and O–H groups in total. The van der Waals surface area contributed by atoms with Crippen LogP contribution in [0.25, 0.3) is 0 Å². The van der Waals surface area contributed by atoms with Gasteiger partial charge in [0.1, 0.15) is 17.6 Å². The number of amides is 2. The van der Waals surface area contributed by atoms with Gasteiger partial charge in [0, 0.05) is 18.3 Å². The van der Waals surface area contributed by atoms with Gasteiger partial charge in [0.05, 0.1) is 23.6 Å². The van der Waals surface area contributed by atoms with E-state index in [4.69, 9.17) is 5.26 Å². The van der Waals surface area contributed by atoms with Gasteiger partial charge in [-0.1, -0.05) is 18.2 Å². The molecule has 1 heterocycles. The number of rotatable bonds is 5. The number of nitrogens with one attached hydrogen (secondary N) is 3. The van der Waals surface area contributed by atoms with Gasteiger partial charge < -0.3 is 16.0 Å². The van der Waals surface area contributed by atoms with Gasteiger partial charge in [-0.05, 0) is 30.3 Å². The number of para-hydroxylation sites is 1. The third-order valence-corrected chi connectivity index (χ3v) is 3.64. The first-order valence-electron chi connectivity index (χ1n) is 8.32. The lowest BCUT2D eigenvalue weighted by Gasteiger charge is -2.09. The van der Waals surface area contributed by atoms with Crippen LogP contribution in [0.5, 0.6) is 0 Å². The molecule has 28 heavy (non-hydrogen) atoms. The molecule has 3 rings (SSSR count). The summed E-state index contributed by atoms with van der Waals surface area (Å²) in [5.74, 6) is -0.186. The molecule has 8 heteroatoms. The molecule has 0 unspecified atom stereocenters. The lowest BCUT2D eigenvalue weighted by atomic mass is 10.2. The Kier molecular flexibility index (Phi) is 5.58. The number of nitrogens with zero attached hydrogens (tertiary/aromatic N) is 3. The Morgan fingerprint density at radius 3 is 2.46 bits per heavy atom. The molecule has 1 aromatic heterocycles. The average molecular weight is 372 g/mol. The van der Waals surface area contributed by atoms with Crippen LogP contribution in [-0.2, 0) is 4.79 Å². The molecule has 0 bridgehead atoms. The van der Waals surface area contributed by atoms with Crippen LogP contribution in [0.15, 0.2) is 60.9 Å². The van der Waals surface area contributed by atoms with E-state index in [1.165, 1.54) is 19.3 Å². The summed E-state index contributed by atoms with van der Waals surface area (Å²) in [6, 6.07) is 15.8. The Hall–Kier alpha value is -4.25. The first-order valence-corrected chi connectivity index (χ1v) is 8.32. The fourth-order valence-corrected chi connectivity index (χ4v) is 2.41. The van der Waals surface area contributed by atoms with Crippen LogP contribution in [0.2, 0.25) is 0 Å². The van der Waals surface area contributed by atoms with Gasteiger partial charge in [0.25, 0.3) is 5.91 Å². The predicted molar refractivity (Wildman–Crippen MR) is 105 cm³/mol. The summed E-state index contributed by atoms with van der Waals surface area (Å²) < 4.78 is 0. The summed E-state index contributed by atoms with van der Waals surface area (Å²) in [5, 5.41) is 17.5. The van der Waals surface area contributed by atoms with E-state index >= 15 is 0 Å². The number of benzene rings is 2. The number of nitriles is 1. The minimum absolute atomic E-state index is 0.116. The average Bonchev–Trinajstić information content (AvgIpc) is 2.68. The predicted octanol–water partition coefficient (Wildman–Crippen LogP) is 3.30. The van der Waals surface area contributed by atoms with Crippen molar-refractivity contribution >= 4 is 34.7 Å². The smallest absolute Gasteiger partial charge is 0.275 e. The first kappa shape index (κ1) is 18.5. The van der Waals surface area contributed by atoms with Crippen molar-refractivity contribution in [1.29, 1.82) is 5.26 Å². The van der Waals surface area contributed by atoms with E-state index in [1.54, 1.807) is 42.5 Å². The quantitative estimate of drug-likeness (QED) is 0.632. The molecule has 138 valence electrons. The summed E-state index contributed by atoms with van der Waals surface area (Å²) in [4.78, 5) is 31.8. The highest BCUT2D eigenvalue weighted by molar-refractivity contribution is 6.03. The molecule has 0 atom stereocenters. The third-order valence-electron chi connectivity index (χ3n) is 3.64. The highest BCUT2D eigenvalue weighted by Crippen LogP contribution is 2.19. The zero-order valence-corrected chi connectivity index (χ0v) is 14.9. The zero-order valence-electron chi connectivity index (χ0n) is 14.9. The van der Waals surface area contributed by atoms with Crippen molar-refractivity contribution in [3.05, 3.63) is 72.2 Å². The SMILES string of the molecule is CC(=O)Nc1cccc(Nc2cnc(C(=O)Nc3ccccc3C#N)cn2)c1. The number of aromatic nitrogens is 2. The summed E-state index contributed by atoms with van der Waals surface area (Å²) in [5.41, 5.74) is 2.25. The maximum absolute atomic E-state index is 12.3. The van der Waals surface area contributed by atoms with Crippen LogP contribution in [0.3, 0.4) is 0 Å². The largest absolute Gasteiger partial charge is 0.339 e. The van der Waals surface area contributed by atoms with Crippen LogP contribution in [0.1, 0.15) is 23.0 Å². The van der Waals surface area contributed by atoms with Crippen molar-refractivity contribution in [2.45, 2.75) is 6.92 Å². The summed E-state index contributed by atoms with van der Waals surface area (Å²) >= 11 is 0. The van der Waals surface area contributed by atoms with Crippen molar-refractivity contribution in [2.24, 2.45) is 0 Å². The zero-order chi connectivity index (χ0) is 19.9. The van der Waals surface area contributed by atoms with Crippen molar-refractivity contribution in [3.8, 4) is 6.07 Å². The van der Waals surface area contributed by atoms with Gasteiger partial charge in [-0.15, -0.1) is 0 Å². The number of anilines is 4. The van der Waals surface area contributed by atoms with Crippen molar-refractivity contribution < 1.29 is 9.59 Å². The van der Waals surface area contributed by atoms with Crippen LogP contribution in [0, 0.1) is 11.3 Å². The second-order valence-electron chi connectivity index (χ2n) is 5.79. The second kappa shape index (κ2) is 8.42. The van der Waals surface area contributed by atoms with Crippen LogP contribution in [-0.4, -0.2) is 21.8 Å². The van der Waals surface area contributed by atoms with E-state index in [0.29, 0.717) is 28.4 Å². The van der Waals surface area contributed by atoms with Crippen molar-refractivity contribution in [2.75, 3.05) is 16.0 Å². The van der Waals surface area contributed by atoms with Gasteiger partial charge in [-0.3, -0.25) is 9.59 Å². The van der Waals surface area contributed by atoms with Gasteiger partial charge in [-0.2, -0.15) is 5.26 Å². The fourth-order valence-electron chi connectivity index (χ4n) is 2.41.